The van der Waals surface area contributed by atoms with E-state index in [0.29, 0.717) is 5.82 Å². The average molecular weight is 225 g/mol. The summed E-state index contributed by atoms with van der Waals surface area (Å²) in [5.74, 6) is 1.20. The fourth-order valence-corrected chi connectivity index (χ4v) is 1.81. The molecule has 0 amide bonds. The molecular weight excluding hydrogens is 214 g/mol. The number of nitrogens with zero attached hydrogens (tertiary/aromatic N) is 2. The van der Waals surface area contributed by atoms with Crippen LogP contribution in [-0.2, 0) is 0 Å². The van der Waals surface area contributed by atoms with Crippen LogP contribution >= 0.6 is 0 Å². The van der Waals surface area contributed by atoms with E-state index in [-0.39, 0.29) is 0 Å². The van der Waals surface area contributed by atoms with Crippen LogP contribution in [0.3, 0.4) is 0 Å². The highest BCUT2D eigenvalue weighted by atomic mass is 16.3. The molecule has 0 aliphatic rings. The third-order valence-corrected chi connectivity index (χ3v) is 2.78. The number of para-hydroxylation sites is 1. The van der Waals surface area contributed by atoms with Crippen LogP contribution < -0.4 is 5.73 Å². The molecule has 0 radical (unpaired) electrons. The van der Waals surface area contributed by atoms with Gasteiger partial charge in [0, 0.05) is 10.9 Å². The van der Waals surface area contributed by atoms with Crippen molar-refractivity contribution in [3.63, 3.8) is 0 Å². The molecule has 0 aliphatic heterocycles. The van der Waals surface area contributed by atoms with Gasteiger partial charge < -0.3 is 10.2 Å². The van der Waals surface area contributed by atoms with Crippen molar-refractivity contribution in [2.45, 2.75) is 6.92 Å². The largest absolute Gasteiger partial charge is 0.454 e. The molecule has 0 aliphatic carbocycles. The second kappa shape index (κ2) is 3.59. The van der Waals surface area contributed by atoms with Crippen LogP contribution in [0.15, 0.2) is 41.1 Å². The highest BCUT2D eigenvalue weighted by Gasteiger charge is 2.11. The van der Waals surface area contributed by atoms with E-state index in [1.54, 1.807) is 0 Å². The Balaban J connectivity index is 2.24. The number of furan rings is 1. The van der Waals surface area contributed by atoms with Crippen molar-refractivity contribution in [2.75, 3.05) is 5.73 Å². The first-order chi connectivity index (χ1) is 8.25. The maximum absolute atomic E-state index is 5.76. The van der Waals surface area contributed by atoms with Crippen molar-refractivity contribution in [1.29, 1.82) is 0 Å². The molecule has 2 heterocycles. The van der Waals surface area contributed by atoms with Gasteiger partial charge in [0.1, 0.15) is 23.4 Å². The molecule has 0 atom stereocenters. The average Bonchev–Trinajstić information content (AvgIpc) is 2.76. The van der Waals surface area contributed by atoms with Gasteiger partial charge in [0.2, 0.25) is 0 Å². The van der Waals surface area contributed by atoms with Crippen molar-refractivity contribution >= 4 is 16.8 Å². The Bertz CT molecular complexity index is 655. The summed E-state index contributed by atoms with van der Waals surface area (Å²) in [7, 11) is 0. The molecule has 0 bridgehead atoms. The maximum atomic E-state index is 5.76. The van der Waals surface area contributed by atoms with Crippen molar-refractivity contribution in [3.8, 4) is 11.5 Å². The Kier molecular flexibility index (Phi) is 2.08. The standard InChI is InChI=1S/C13H11N3O/c1-8-12(15-7-16-13(8)14)11-6-9-4-2-3-5-10(9)17-11/h2-7H,1H3,(H2,14,15,16). The quantitative estimate of drug-likeness (QED) is 0.691. The molecule has 3 aromatic rings. The Labute approximate surface area is 98.1 Å². The zero-order chi connectivity index (χ0) is 11.8. The monoisotopic (exact) mass is 225 g/mol. The van der Waals surface area contributed by atoms with Crippen LogP contribution in [0.5, 0.6) is 0 Å². The summed E-state index contributed by atoms with van der Waals surface area (Å²) in [6, 6.07) is 9.81. The van der Waals surface area contributed by atoms with Crippen molar-refractivity contribution in [3.05, 3.63) is 42.2 Å². The van der Waals surface area contributed by atoms with Crippen LogP contribution in [0.25, 0.3) is 22.4 Å². The minimum atomic E-state index is 0.482. The van der Waals surface area contributed by atoms with E-state index < -0.39 is 0 Å². The summed E-state index contributed by atoms with van der Waals surface area (Å²) < 4.78 is 5.74. The molecule has 17 heavy (non-hydrogen) atoms. The first-order valence-corrected chi connectivity index (χ1v) is 5.32. The van der Waals surface area contributed by atoms with E-state index in [1.807, 2.05) is 37.3 Å². The topological polar surface area (TPSA) is 64.9 Å². The highest BCUT2D eigenvalue weighted by Crippen LogP contribution is 2.29. The molecule has 84 valence electrons. The maximum Gasteiger partial charge on any atom is 0.154 e. The molecule has 0 fully saturated rings. The van der Waals surface area contributed by atoms with E-state index >= 15 is 0 Å². The Morgan fingerprint density at radius 3 is 2.82 bits per heavy atom. The molecule has 1 aromatic carbocycles. The number of fused-ring (bicyclic) bond motifs is 1. The number of aromatic nitrogens is 2. The van der Waals surface area contributed by atoms with E-state index in [4.69, 9.17) is 10.2 Å². The summed E-state index contributed by atoms with van der Waals surface area (Å²) in [5.41, 5.74) is 8.19. The molecule has 3 rings (SSSR count). The predicted molar refractivity (Wildman–Crippen MR) is 66.4 cm³/mol. The van der Waals surface area contributed by atoms with E-state index in [0.717, 1.165) is 28.0 Å². The van der Waals surface area contributed by atoms with E-state index in [9.17, 15) is 0 Å². The summed E-state index contributed by atoms with van der Waals surface area (Å²) in [6.45, 7) is 1.89. The van der Waals surface area contributed by atoms with Gasteiger partial charge in [-0.2, -0.15) is 0 Å². The third-order valence-electron chi connectivity index (χ3n) is 2.78. The van der Waals surface area contributed by atoms with Crippen LogP contribution in [-0.4, -0.2) is 9.97 Å². The Hall–Kier alpha value is -2.36. The molecule has 0 saturated carbocycles. The molecule has 0 unspecified atom stereocenters. The van der Waals surface area contributed by atoms with Crippen LogP contribution in [0.4, 0.5) is 5.82 Å². The minimum Gasteiger partial charge on any atom is -0.454 e. The lowest BCUT2D eigenvalue weighted by Crippen LogP contribution is -1.97. The number of hydrogen-bond donors (Lipinski definition) is 1. The van der Waals surface area contributed by atoms with Gasteiger partial charge >= 0.3 is 0 Å². The summed E-state index contributed by atoms with van der Waals surface area (Å²) >= 11 is 0. The van der Waals surface area contributed by atoms with E-state index in [1.165, 1.54) is 6.33 Å². The number of hydrogen-bond acceptors (Lipinski definition) is 4. The molecule has 0 spiro atoms. The third kappa shape index (κ3) is 1.54. The number of nitrogen functional groups attached to an aromatic ring is 1. The first kappa shape index (κ1) is 9.84. The summed E-state index contributed by atoms with van der Waals surface area (Å²) in [6.07, 6.45) is 1.45. The highest BCUT2D eigenvalue weighted by molar-refractivity contribution is 5.82. The van der Waals surface area contributed by atoms with Crippen LogP contribution in [0, 0.1) is 6.92 Å². The van der Waals surface area contributed by atoms with Crippen molar-refractivity contribution in [1.82, 2.24) is 9.97 Å². The predicted octanol–water partition coefficient (Wildman–Crippen LogP) is 2.78. The lowest BCUT2D eigenvalue weighted by Gasteiger charge is -2.02. The fraction of sp³-hybridized carbons (Fsp3) is 0.0769. The lowest BCUT2D eigenvalue weighted by molar-refractivity contribution is 0.628. The normalized spacial score (nSPS) is 10.9. The van der Waals surface area contributed by atoms with Crippen molar-refractivity contribution in [2.24, 2.45) is 0 Å². The number of benzene rings is 1. The second-order valence-electron chi connectivity index (χ2n) is 3.88. The van der Waals surface area contributed by atoms with Gasteiger partial charge in [0.05, 0.1) is 0 Å². The van der Waals surface area contributed by atoms with Crippen molar-refractivity contribution < 1.29 is 4.42 Å². The van der Waals surface area contributed by atoms with Crippen LogP contribution in [0.1, 0.15) is 5.56 Å². The summed E-state index contributed by atoms with van der Waals surface area (Å²) in [4.78, 5) is 8.16. The zero-order valence-corrected chi connectivity index (χ0v) is 9.34. The number of rotatable bonds is 1. The molecule has 2 N–H and O–H groups in total. The second-order valence-corrected chi connectivity index (χ2v) is 3.88. The molecule has 4 heteroatoms. The number of nitrogens with two attached hydrogens (primary N) is 1. The molecule has 2 aromatic heterocycles. The van der Waals surface area contributed by atoms with E-state index in [2.05, 4.69) is 9.97 Å². The van der Waals surface area contributed by atoms with Crippen LogP contribution in [0.2, 0.25) is 0 Å². The Morgan fingerprint density at radius 2 is 2.00 bits per heavy atom. The number of anilines is 1. The lowest BCUT2D eigenvalue weighted by atomic mass is 10.2. The van der Waals surface area contributed by atoms with Gasteiger partial charge in [0.25, 0.3) is 0 Å². The molecule has 4 nitrogen and oxygen atoms in total. The van der Waals surface area contributed by atoms with Gasteiger partial charge in [-0.05, 0) is 19.1 Å². The van der Waals surface area contributed by atoms with Gasteiger partial charge in [-0.25, -0.2) is 9.97 Å². The smallest absolute Gasteiger partial charge is 0.154 e. The molecular formula is C13H11N3O. The van der Waals surface area contributed by atoms with Gasteiger partial charge in [0.15, 0.2) is 5.76 Å². The Morgan fingerprint density at radius 1 is 1.18 bits per heavy atom. The van der Waals surface area contributed by atoms with Gasteiger partial charge in [-0.3, -0.25) is 0 Å². The first-order valence-electron chi connectivity index (χ1n) is 5.32. The fourth-order valence-electron chi connectivity index (χ4n) is 1.81. The zero-order valence-electron chi connectivity index (χ0n) is 9.34. The summed E-state index contributed by atoms with van der Waals surface area (Å²) in [5, 5.41) is 1.05. The molecule has 0 saturated heterocycles. The minimum absolute atomic E-state index is 0.482. The SMILES string of the molecule is Cc1c(N)ncnc1-c1cc2ccccc2o1. The van der Waals surface area contributed by atoms with Gasteiger partial charge in [-0.15, -0.1) is 0 Å². The van der Waals surface area contributed by atoms with Gasteiger partial charge in [-0.1, -0.05) is 18.2 Å².